The second kappa shape index (κ2) is 2.01. The molecule has 2 bridgehead atoms. The number of hydrogen-bond acceptors (Lipinski definition) is 1. The molecule has 0 aromatic heterocycles. The topological polar surface area (TPSA) is 3.24 Å². The van der Waals surface area contributed by atoms with Crippen molar-refractivity contribution in [1.82, 2.24) is 4.90 Å². The summed E-state index contributed by atoms with van der Waals surface area (Å²) in [5.41, 5.74) is 0. The summed E-state index contributed by atoms with van der Waals surface area (Å²) in [7, 11) is 0. The second-order valence-electron chi connectivity index (χ2n) is 4.75. The molecule has 1 aliphatic carbocycles. The lowest BCUT2D eigenvalue weighted by Gasteiger charge is -2.29. The molecule has 0 spiro atoms. The third-order valence-electron chi connectivity index (χ3n) is 4.26. The molecule has 3 fully saturated rings. The monoisotopic (exact) mass is 151 g/mol. The van der Waals surface area contributed by atoms with E-state index >= 15 is 0 Å². The molecule has 3 aliphatic rings. The van der Waals surface area contributed by atoms with Crippen molar-refractivity contribution in [3.05, 3.63) is 0 Å². The Morgan fingerprint density at radius 2 is 2.09 bits per heavy atom. The molecular weight excluding hydrogens is 134 g/mol. The highest BCUT2D eigenvalue weighted by Crippen LogP contribution is 2.49. The van der Waals surface area contributed by atoms with Gasteiger partial charge in [0.05, 0.1) is 0 Å². The maximum atomic E-state index is 2.76. The second-order valence-corrected chi connectivity index (χ2v) is 4.75. The lowest BCUT2D eigenvalue weighted by molar-refractivity contribution is 0.190. The fourth-order valence-electron chi connectivity index (χ4n) is 3.80. The Bertz CT molecular complexity index is 178. The van der Waals surface area contributed by atoms with Crippen LogP contribution in [0.3, 0.4) is 0 Å². The third-order valence-corrected chi connectivity index (χ3v) is 4.26. The van der Waals surface area contributed by atoms with Crippen molar-refractivity contribution in [2.75, 3.05) is 13.1 Å². The summed E-state index contributed by atoms with van der Waals surface area (Å²) in [6.07, 6.45) is 4.54. The van der Waals surface area contributed by atoms with Gasteiger partial charge in [-0.2, -0.15) is 0 Å². The van der Waals surface area contributed by atoms with Crippen LogP contribution in [0.5, 0.6) is 0 Å². The van der Waals surface area contributed by atoms with Crippen LogP contribution in [0.15, 0.2) is 0 Å². The molecule has 3 rings (SSSR count). The van der Waals surface area contributed by atoms with Crippen molar-refractivity contribution >= 4 is 0 Å². The number of rotatable bonds is 0. The fourth-order valence-corrected chi connectivity index (χ4v) is 3.80. The van der Waals surface area contributed by atoms with Crippen LogP contribution >= 0.6 is 0 Å². The summed E-state index contributed by atoms with van der Waals surface area (Å²) in [6.45, 7) is 5.31. The molecule has 11 heavy (non-hydrogen) atoms. The minimum absolute atomic E-state index is 1.00. The molecule has 1 nitrogen and oxygen atoms in total. The number of nitrogens with zero attached hydrogens (tertiary/aromatic N) is 1. The summed E-state index contributed by atoms with van der Waals surface area (Å²) in [6, 6.07) is 1.01. The van der Waals surface area contributed by atoms with Gasteiger partial charge in [-0.3, -0.25) is 4.90 Å². The Morgan fingerprint density at radius 1 is 1.18 bits per heavy atom. The first-order chi connectivity index (χ1) is 5.36. The molecule has 0 radical (unpaired) electrons. The van der Waals surface area contributed by atoms with Crippen LogP contribution in [0.4, 0.5) is 0 Å². The Hall–Kier alpha value is -0.0400. The van der Waals surface area contributed by atoms with E-state index in [-0.39, 0.29) is 0 Å². The van der Waals surface area contributed by atoms with Crippen molar-refractivity contribution < 1.29 is 0 Å². The zero-order valence-electron chi connectivity index (χ0n) is 7.29. The van der Waals surface area contributed by atoms with Gasteiger partial charge in [0.25, 0.3) is 0 Å². The van der Waals surface area contributed by atoms with Crippen LogP contribution in [0, 0.1) is 17.8 Å². The maximum Gasteiger partial charge on any atom is 0.0152 e. The largest absolute Gasteiger partial charge is 0.300 e. The summed E-state index contributed by atoms with van der Waals surface area (Å²) in [5, 5.41) is 0. The Morgan fingerprint density at radius 3 is 2.91 bits per heavy atom. The van der Waals surface area contributed by atoms with Gasteiger partial charge in [-0.25, -0.2) is 0 Å². The van der Waals surface area contributed by atoms with E-state index in [9.17, 15) is 0 Å². The summed E-state index contributed by atoms with van der Waals surface area (Å²) in [4.78, 5) is 2.76. The smallest absolute Gasteiger partial charge is 0.0152 e. The van der Waals surface area contributed by atoms with Gasteiger partial charge in [0.15, 0.2) is 0 Å². The minimum Gasteiger partial charge on any atom is -0.300 e. The van der Waals surface area contributed by atoms with Gasteiger partial charge in [-0.05, 0) is 43.6 Å². The van der Waals surface area contributed by atoms with Gasteiger partial charge in [0, 0.05) is 12.6 Å². The highest BCUT2D eigenvalue weighted by atomic mass is 15.2. The fraction of sp³-hybridized carbons (Fsp3) is 1.00. The normalized spacial score (nSPS) is 60.3. The van der Waals surface area contributed by atoms with E-state index in [0.717, 1.165) is 23.8 Å². The quantitative estimate of drug-likeness (QED) is 0.509. The SMILES string of the molecule is CC1CCC2C3CCN(C3)C12. The van der Waals surface area contributed by atoms with Gasteiger partial charge < -0.3 is 0 Å². The Balaban J connectivity index is 1.91. The van der Waals surface area contributed by atoms with E-state index in [1.807, 2.05) is 0 Å². The molecule has 2 heterocycles. The molecule has 5 atom stereocenters. The van der Waals surface area contributed by atoms with E-state index < -0.39 is 0 Å². The van der Waals surface area contributed by atoms with Crippen LogP contribution in [0.2, 0.25) is 0 Å². The number of piperidine rings is 1. The van der Waals surface area contributed by atoms with Crippen LogP contribution in [-0.2, 0) is 0 Å². The van der Waals surface area contributed by atoms with Crippen molar-refractivity contribution in [1.29, 1.82) is 0 Å². The highest BCUT2D eigenvalue weighted by Gasteiger charge is 2.50. The van der Waals surface area contributed by atoms with Gasteiger partial charge in [-0.15, -0.1) is 0 Å². The highest BCUT2D eigenvalue weighted by molar-refractivity contribution is 5.03. The van der Waals surface area contributed by atoms with Crippen molar-refractivity contribution in [3.63, 3.8) is 0 Å². The molecule has 0 aromatic carbocycles. The first-order valence-corrected chi connectivity index (χ1v) is 5.10. The lowest BCUT2D eigenvalue weighted by atomic mass is 9.87. The number of fused-ring (bicyclic) bond motifs is 5. The van der Waals surface area contributed by atoms with Crippen LogP contribution in [-0.4, -0.2) is 24.0 Å². The zero-order chi connectivity index (χ0) is 7.42. The van der Waals surface area contributed by atoms with Crippen LogP contribution in [0.1, 0.15) is 26.2 Å². The van der Waals surface area contributed by atoms with Gasteiger partial charge in [-0.1, -0.05) is 6.92 Å². The molecule has 0 amide bonds. The van der Waals surface area contributed by atoms with Gasteiger partial charge in [0.2, 0.25) is 0 Å². The van der Waals surface area contributed by atoms with E-state index in [1.54, 1.807) is 0 Å². The summed E-state index contributed by atoms with van der Waals surface area (Å²) in [5.74, 6) is 3.22. The van der Waals surface area contributed by atoms with E-state index in [4.69, 9.17) is 0 Å². The van der Waals surface area contributed by atoms with Gasteiger partial charge in [0.1, 0.15) is 0 Å². The molecule has 2 saturated heterocycles. The molecule has 62 valence electrons. The van der Waals surface area contributed by atoms with Gasteiger partial charge >= 0.3 is 0 Å². The van der Waals surface area contributed by atoms with E-state index in [0.29, 0.717) is 0 Å². The predicted molar refractivity (Wildman–Crippen MR) is 45.4 cm³/mol. The third kappa shape index (κ3) is 0.703. The zero-order valence-corrected chi connectivity index (χ0v) is 7.29. The first kappa shape index (κ1) is 6.47. The number of hydrogen-bond donors (Lipinski definition) is 0. The van der Waals surface area contributed by atoms with Crippen LogP contribution in [0.25, 0.3) is 0 Å². The van der Waals surface area contributed by atoms with E-state index in [2.05, 4.69) is 11.8 Å². The molecule has 0 aromatic rings. The molecule has 1 saturated carbocycles. The van der Waals surface area contributed by atoms with Crippen LogP contribution < -0.4 is 0 Å². The summed E-state index contributed by atoms with van der Waals surface area (Å²) < 4.78 is 0. The standard InChI is InChI=1S/C10H17N/c1-7-2-3-9-8-4-5-11(6-8)10(7)9/h7-10H,2-6H2,1H3. The van der Waals surface area contributed by atoms with Crippen molar-refractivity contribution in [2.24, 2.45) is 17.8 Å². The average molecular weight is 151 g/mol. The molecule has 5 unspecified atom stereocenters. The van der Waals surface area contributed by atoms with E-state index in [1.165, 1.54) is 32.4 Å². The van der Waals surface area contributed by atoms with Crippen molar-refractivity contribution in [3.8, 4) is 0 Å². The Kier molecular flexibility index (Phi) is 1.18. The lowest BCUT2D eigenvalue weighted by Crippen LogP contribution is -2.35. The molecule has 2 aliphatic heterocycles. The molecular formula is C10H17N. The minimum atomic E-state index is 1.00. The predicted octanol–water partition coefficient (Wildman–Crippen LogP) is 1.74. The molecule has 1 heteroatoms. The summed E-state index contributed by atoms with van der Waals surface area (Å²) >= 11 is 0. The Labute approximate surface area is 68.8 Å². The average Bonchev–Trinajstić information content (AvgIpc) is 2.60. The first-order valence-electron chi connectivity index (χ1n) is 5.10. The maximum absolute atomic E-state index is 2.76. The van der Waals surface area contributed by atoms with Crippen molar-refractivity contribution in [2.45, 2.75) is 32.2 Å². The molecule has 0 N–H and O–H groups in total.